The molecule has 0 aromatic heterocycles. The lowest BCUT2D eigenvalue weighted by molar-refractivity contribution is 0.0697. The average molecular weight is 291 g/mol. The van der Waals surface area contributed by atoms with Crippen molar-refractivity contribution in [3.05, 3.63) is 29.8 Å². The summed E-state index contributed by atoms with van der Waals surface area (Å²) in [5.74, 6) is 1.41. The zero-order chi connectivity index (χ0) is 15.2. The molecule has 0 amide bonds. The fourth-order valence-corrected chi connectivity index (χ4v) is 3.15. The van der Waals surface area contributed by atoms with Crippen molar-refractivity contribution in [2.45, 2.75) is 26.7 Å². The van der Waals surface area contributed by atoms with Crippen LogP contribution < -0.4 is 4.74 Å². The van der Waals surface area contributed by atoms with Crippen LogP contribution in [-0.2, 0) is 0 Å². The molecule has 2 rings (SSSR count). The molecule has 0 radical (unpaired) electrons. The van der Waals surface area contributed by atoms with E-state index >= 15 is 0 Å². The summed E-state index contributed by atoms with van der Waals surface area (Å²) in [5.41, 5.74) is 0.290. The lowest BCUT2D eigenvalue weighted by Crippen LogP contribution is -2.39. The molecule has 1 aromatic rings. The number of carboxylic acids is 1. The number of nitrogens with zero attached hydrogens (tertiary/aromatic N) is 1. The summed E-state index contributed by atoms with van der Waals surface area (Å²) in [5, 5.41) is 8.83. The molecule has 116 valence electrons. The Labute approximate surface area is 126 Å². The van der Waals surface area contributed by atoms with Crippen molar-refractivity contribution in [3.8, 4) is 5.75 Å². The van der Waals surface area contributed by atoms with Crippen LogP contribution in [0.4, 0.5) is 0 Å². The molecule has 4 heteroatoms. The number of aromatic carboxylic acids is 1. The number of ether oxygens (including phenoxy) is 1. The molecule has 2 atom stereocenters. The number of rotatable bonds is 6. The highest BCUT2D eigenvalue weighted by atomic mass is 16.5. The number of hydrogen-bond donors (Lipinski definition) is 1. The summed E-state index contributed by atoms with van der Waals surface area (Å²) in [7, 11) is 0. The average Bonchev–Trinajstić information content (AvgIpc) is 2.43. The van der Waals surface area contributed by atoms with Gasteiger partial charge in [0.05, 0.1) is 12.2 Å². The van der Waals surface area contributed by atoms with Crippen LogP contribution in [-0.4, -0.2) is 42.2 Å². The van der Waals surface area contributed by atoms with Gasteiger partial charge in [-0.05, 0) is 48.9 Å². The van der Waals surface area contributed by atoms with Crippen LogP contribution in [0.25, 0.3) is 0 Å². The molecule has 1 aliphatic heterocycles. The Bertz CT molecular complexity index is 448. The van der Waals surface area contributed by atoms with Crippen LogP contribution in [0.5, 0.6) is 5.75 Å². The maximum absolute atomic E-state index is 10.8. The van der Waals surface area contributed by atoms with Crippen LogP contribution in [0.3, 0.4) is 0 Å². The molecule has 0 saturated carbocycles. The van der Waals surface area contributed by atoms with E-state index in [9.17, 15) is 4.79 Å². The largest absolute Gasteiger partial charge is 0.494 e. The van der Waals surface area contributed by atoms with Crippen molar-refractivity contribution in [3.63, 3.8) is 0 Å². The van der Waals surface area contributed by atoms with Gasteiger partial charge in [0, 0.05) is 19.6 Å². The van der Waals surface area contributed by atoms with Crippen LogP contribution in [0.2, 0.25) is 0 Å². The predicted octanol–water partition coefficient (Wildman–Crippen LogP) is 3.13. The Morgan fingerprint density at radius 1 is 1.24 bits per heavy atom. The number of piperidine rings is 1. The van der Waals surface area contributed by atoms with Crippen molar-refractivity contribution >= 4 is 5.97 Å². The fourth-order valence-electron chi connectivity index (χ4n) is 3.15. The molecule has 21 heavy (non-hydrogen) atoms. The molecule has 1 heterocycles. The number of carbonyl (C=O) groups is 1. The second-order valence-corrected chi connectivity index (χ2v) is 6.24. The molecule has 0 bridgehead atoms. The monoisotopic (exact) mass is 291 g/mol. The normalized spacial score (nSPS) is 23.0. The van der Waals surface area contributed by atoms with Crippen molar-refractivity contribution in [1.82, 2.24) is 4.90 Å². The molecule has 1 aliphatic rings. The minimum absolute atomic E-state index is 0.290. The van der Waals surface area contributed by atoms with Gasteiger partial charge < -0.3 is 14.7 Å². The smallest absolute Gasteiger partial charge is 0.335 e. The van der Waals surface area contributed by atoms with Crippen molar-refractivity contribution < 1.29 is 14.6 Å². The zero-order valence-corrected chi connectivity index (χ0v) is 12.9. The minimum atomic E-state index is -0.908. The van der Waals surface area contributed by atoms with Gasteiger partial charge in [0.1, 0.15) is 5.75 Å². The first-order valence-electron chi connectivity index (χ1n) is 7.73. The van der Waals surface area contributed by atoms with Gasteiger partial charge in [-0.15, -0.1) is 0 Å². The highest BCUT2D eigenvalue weighted by Gasteiger charge is 2.20. The number of hydrogen-bond acceptors (Lipinski definition) is 3. The van der Waals surface area contributed by atoms with Crippen LogP contribution in [0.1, 0.15) is 37.0 Å². The molecule has 1 aromatic carbocycles. The third kappa shape index (κ3) is 5.05. The predicted molar refractivity (Wildman–Crippen MR) is 82.9 cm³/mol. The summed E-state index contributed by atoms with van der Waals surface area (Å²) in [6, 6.07) is 6.58. The van der Waals surface area contributed by atoms with E-state index in [0.29, 0.717) is 12.2 Å². The van der Waals surface area contributed by atoms with Crippen LogP contribution in [0.15, 0.2) is 24.3 Å². The van der Waals surface area contributed by atoms with Crippen LogP contribution >= 0.6 is 0 Å². The molecular weight excluding hydrogens is 266 g/mol. The third-order valence-corrected chi connectivity index (χ3v) is 3.93. The molecule has 0 aliphatic carbocycles. The summed E-state index contributed by atoms with van der Waals surface area (Å²) >= 11 is 0. The molecule has 0 unspecified atom stereocenters. The van der Waals surface area contributed by atoms with E-state index in [1.807, 2.05) is 0 Å². The molecule has 1 saturated heterocycles. The first-order valence-corrected chi connectivity index (χ1v) is 7.73. The first kappa shape index (κ1) is 15.8. The lowest BCUT2D eigenvalue weighted by atomic mass is 9.92. The Balaban J connectivity index is 1.68. The van der Waals surface area contributed by atoms with Gasteiger partial charge in [-0.3, -0.25) is 0 Å². The molecule has 0 spiro atoms. The quantitative estimate of drug-likeness (QED) is 0.818. The first-order chi connectivity index (χ1) is 10.0. The van der Waals surface area contributed by atoms with E-state index in [1.54, 1.807) is 24.3 Å². The SMILES string of the molecule is C[C@@H]1C[C@@H](C)CN(CCCOc2ccc(C(=O)O)cc2)C1. The van der Waals surface area contributed by atoms with E-state index in [2.05, 4.69) is 18.7 Å². The van der Waals surface area contributed by atoms with Crippen molar-refractivity contribution in [1.29, 1.82) is 0 Å². The molecule has 4 nitrogen and oxygen atoms in total. The minimum Gasteiger partial charge on any atom is -0.494 e. The maximum Gasteiger partial charge on any atom is 0.335 e. The Morgan fingerprint density at radius 2 is 1.86 bits per heavy atom. The van der Waals surface area contributed by atoms with E-state index < -0.39 is 5.97 Å². The van der Waals surface area contributed by atoms with Crippen molar-refractivity contribution in [2.75, 3.05) is 26.2 Å². The van der Waals surface area contributed by atoms with Gasteiger partial charge >= 0.3 is 5.97 Å². The number of carboxylic acid groups (broad SMARTS) is 1. The fraction of sp³-hybridized carbons (Fsp3) is 0.588. The van der Waals surface area contributed by atoms with Gasteiger partial charge in [0.25, 0.3) is 0 Å². The van der Waals surface area contributed by atoms with Gasteiger partial charge in [-0.2, -0.15) is 0 Å². The van der Waals surface area contributed by atoms with E-state index in [-0.39, 0.29) is 0 Å². The summed E-state index contributed by atoms with van der Waals surface area (Å²) < 4.78 is 5.67. The Morgan fingerprint density at radius 3 is 2.43 bits per heavy atom. The maximum atomic E-state index is 10.8. The third-order valence-electron chi connectivity index (χ3n) is 3.93. The molecule has 1 N–H and O–H groups in total. The van der Waals surface area contributed by atoms with Gasteiger partial charge in [-0.1, -0.05) is 13.8 Å². The van der Waals surface area contributed by atoms with Gasteiger partial charge in [0.15, 0.2) is 0 Å². The zero-order valence-electron chi connectivity index (χ0n) is 12.9. The lowest BCUT2D eigenvalue weighted by Gasteiger charge is -2.34. The summed E-state index contributed by atoms with van der Waals surface area (Å²) in [6.07, 6.45) is 2.34. The number of likely N-dealkylation sites (tertiary alicyclic amines) is 1. The molecular formula is C17H25NO3. The molecule has 1 fully saturated rings. The highest BCUT2D eigenvalue weighted by molar-refractivity contribution is 5.87. The summed E-state index contributed by atoms with van der Waals surface area (Å²) in [6.45, 7) is 8.77. The van der Waals surface area contributed by atoms with E-state index in [0.717, 1.165) is 30.6 Å². The van der Waals surface area contributed by atoms with Crippen LogP contribution in [0, 0.1) is 11.8 Å². The number of benzene rings is 1. The Kier molecular flexibility index (Phi) is 5.62. The van der Waals surface area contributed by atoms with E-state index in [4.69, 9.17) is 9.84 Å². The van der Waals surface area contributed by atoms with Gasteiger partial charge in [-0.25, -0.2) is 4.79 Å². The second kappa shape index (κ2) is 7.46. The van der Waals surface area contributed by atoms with Gasteiger partial charge in [0.2, 0.25) is 0 Å². The van der Waals surface area contributed by atoms with Crippen molar-refractivity contribution in [2.24, 2.45) is 11.8 Å². The topological polar surface area (TPSA) is 49.8 Å². The Hall–Kier alpha value is -1.55. The second-order valence-electron chi connectivity index (χ2n) is 6.24. The summed E-state index contributed by atoms with van der Waals surface area (Å²) in [4.78, 5) is 13.3. The highest BCUT2D eigenvalue weighted by Crippen LogP contribution is 2.21. The standard InChI is InChI=1S/C17H25NO3/c1-13-10-14(2)12-18(11-13)8-3-9-21-16-6-4-15(5-7-16)17(19)20/h4-7,13-14H,3,8-12H2,1-2H3,(H,19,20)/t13-,14-/m1/s1. The van der Waals surface area contributed by atoms with E-state index in [1.165, 1.54) is 19.5 Å².